The fourth-order valence-electron chi connectivity index (χ4n) is 3.87. The van der Waals surface area contributed by atoms with Crippen molar-refractivity contribution in [3.05, 3.63) is 23.5 Å². The van der Waals surface area contributed by atoms with Crippen LogP contribution in [0.1, 0.15) is 24.8 Å². The molecule has 2 heterocycles. The number of nitrogens with one attached hydrogen (secondary N) is 1. The molecule has 144 valence electrons. The summed E-state index contributed by atoms with van der Waals surface area (Å²) in [6, 6.07) is 2.33. The molecule has 1 aromatic carbocycles. The second kappa shape index (κ2) is 7.13. The Morgan fingerprint density at radius 3 is 2.58 bits per heavy atom. The first-order valence-electron chi connectivity index (χ1n) is 8.62. The lowest BCUT2D eigenvalue weighted by Gasteiger charge is -2.39. The summed E-state index contributed by atoms with van der Waals surface area (Å²) in [5, 5.41) is 8.51. The fraction of sp³-hybridized carbons (Fsp3) is 0.588. The van der Waals surface area contributed by atoms with Gasteiger partial charge in [-0.15, -0.1) is 0 Å². The van der Waals surface area contributed by atoms with Crippen LogP contribution in [0.15, 0.2) is 17.0 Å². The highest BCUT2D eigenvalue weighted by molar-refractivity contribution is 7.89. The average molecular weight is 385 g/mol. The number of hydrogen-bond acceptors (Lipinski definition) is 5. The molecule has 7 nitrogen and oxygen atoms in total. The quantitative estimate of drug-likeness (QED) is 0.791. The minimum Gasteiger partial charge on any atom is -0.492 e. The molecule has 9 heteroatoms. The van der Waals surface area contributed by atoms with Gasteiger partial charge >= 0.3 is 0 Å². The molecule has 3 N–H and O–H groups in total. The molecular weight excluding hydrogens is 361 g/mol. The summed E-state index contributed by atoms with van der Waals surface area (Å²) in [7, 11) is -3.00. The van der Waals surface area contributed by atoms with Gasteiger partial charge in [-0.05, 0) is 48.9 Å². The van der Waals surface area contributed by atoms with E-state index in [0.717, 1.165) is 38.4 Å². The van der Waals surface area contributed by atoms with Crippen molar-refractivity contribution in [3.63, 3.8) is 0 Å². The number of likely N-dealkylation sites (tertiary alicyclic amines) is 1. The molecule has 1 spiro atoms. The van der Waals surface area contributed by atoms with E-state index in [2.05, 4.69) is 5.32 Å². The summed E-state index contributed by atoms with van der Waals surface area (Å²) in [6.07, 6.45) is 2.96. The molecule has 3 rings (SSSR count). The molecule has 2 aliphatic heterocycles. The van der Waals surface area contributed by atoms with Crippen LogP contribution in [0, 0.1) is 11.2 Å². The second-order valence-electron chi connectivity index (χ2n) is 7.14. The molecule has 0 bridgehead atoms. The van der Waals surface area contributed by atoms with Gasteiger partial charge < -0.3 is 15.0 Å². The van der Waals surface area contributed by atoms with Crippen LogP contribution in [-0.4, -0.2) is 52.5 Å². The standard InChI is InChI=1S/C17H24FN3O4S/c1-25-16-13(18)8-12(9-14(16)26(19,23)24)10-15(22)21-6-3-17(4-7-21)2-5-20-11-17/h8-9,20H,2-7,10-11H2,1H3,(H2,19,23,24). The van der Waals surface area contributed by atoms with Gasteiger partial charge in [-0.3, -0.25) is 4.79 Å². The lowest BCUT2D eigenvalue weighted by Crippen LogP contribution is -2.44. The summed E-state index contributed by atoms with van der Waals surface area (Å²) >= 11 is 0. The predicted octanol–water partition coefficient (Wildman–Crippen LogP) is 0.626. The average Bonchev–Trinajstić information content (AvgIpc) is 3.02. The number of halogens is 1. The van der Waals surface area contributed by atoms with E-state index in [9.17, 15) is 17.6 Å². The molecule has 0 atom stereocenters. The van der Waals surface area contributed by atoms with Gasteiger partial charge in [0.05, 0.1) is 13.5 Å². The molecule has 1 amide bonds. The molecule has 0 saturated carbocycles. The number of rotatable bonds is 4. The van der Waals surface area contributed by atoms with Gasteiger partial charge in [0.25, 0.3) is 0 Å². The van der Waals surface area contributed by atoms with Crippen molar-refractivity contribution in [2.75, 3.05) is 33.3 Å². The molecule has 0 unspecified atom stereocenters. The third-order valence-corrected chi connectivity index (χ3v) is 6.36. The number of nitrogens with zero attached hydrogens (tertiary/aromatic N) is 1. The normalized spacial score (nSPS) is 19.7. The third kappa shape index (κ3) is 3.84. The number of ether oxygens (including phenoxy) is 1. The Morgan fingerprint density at radius 1 is 1.35 bits per heavy atom. The Morgan fingerprint density at radius 2 is 2.04 bits per heavy atom. The number of carbonyl (C=O) groups is 1. The van der Waals surface area contributed by atoms with Crippen LogP contribution in [0.4, 0.5) is 4.39 Å². The number of benzene rings is 1. The zero-order valence-corrected chi connectivity index (χ0v) is 15.6. The Hall–Kier alpha value is -1.71. The molecule has 1 aromatic rings. The van der Waals surface area contributed by atoms with E-state index >= 15 is 0 Å². The van der Waals surface area contributed by atoms with Gasteiger partial charge in [-0.1, -0.05) is 0 Å². The highest BCUT2D eigenvalue weighted by atomic mass is 32.2. The van der Waals surface area contributed by atoms with Crippen molar-refractivity contribution in [1.29, 1.82) is 0 Å². The predicted molar refractivity (Wildman–Crippen MR) is 93.8 cm³/mol. The first-order valence-corrected chi connectivity index (χ1v) is 10.2. The van der Waals surface area contributed by atoms with Gasteiger partial charge in [0.15, 0.2) is 11.6 Å². The number of carbonyl (C=O) groups excluding carboxylic acids is 1. The lowest BCUT2D eigenvalue weighted by molar-refractivity contribution is -0.132. The van der Waals surface area contributed by atoms with E-state index in [0.29, 0.717) is 18.5 Å². The van der Waals surface area contributed by atoms with E-state index in [4.69, 9.17) is 9.88 Å². The number of piperidine rings is 1. The maximum absolute atomic E-state index is 14.2. The number of nitrogens with two attached hydrogens (primary N) is 1. The Balaban J connectivity index is 1.73. The van der Waals surface area contributed by atoms with Gasteiger partial charge in [0.1, 0.15) is 4.90 Å². The minimum absolute atomic E-state index is 0.0747. The topological polar surface area (TPSA) is 102 Å². The number of hydrogen-bond donors (Lipinski definition) is 2. The SMILES string of the molecule is COc1c(F)cc(CC(=O)N2CCC3(CCNC3)CC2)cc1S(N)(=O)=O. The lowest BCUT2D eigenvalue weighted by atomic mass is 9.78. The smallest absolute Gasteiger partial charge is 0.241 e. The molecule has 0 aliphatic carbocycles. The van der Waals surface area contributed by atoms with Crippen molar-refractivity contribution in [1.82, 2.24) is 10.2 Å². The molecule has 26 heavy (non-hydrogen) atoms. The molecule has 2 fully saturated rings. The summed E-state index contributed by atoms with van der Waals surface area (Å²) in [6.45, 7) is 3.36. The van der Waals surface area contributed by atoms with Crippen LogP contribution < -0.4 is 15.2 Å². The fourth-order valence-corrected chi connectivity index (χ4v) is 4.63. The van der Waals surface area contributed by atoms with Crippen molar-refractivity contribution >= 4 is 15.9 Å². The maximum atomic E-state index is 14.2. The summed E-state index contributed by atoms with van der Waals surface area (Å²) < 4.78 is 42.3. The molecule has 2 aliphatic rings. The van der Waals surface area contributed by atoms with Crippen LogP contribution >= 0.6 is 0 Å². The highest BCUT2D eigenvalue weighted by Gasteiger charge is 2.38. The number of amides is 1. The van der Waals surface area contributed by atoms with Gasteiger partial charge in [0.2, 0.25) is 15.9 Å². The van der Waals surface area contributed by atoms with Gasteiger partial charge in [-0.25, -0.2) is 17.9 Å². The van der Waals surface area contributed by atoms with Crippen LogP contribution in [0.5, 0.6) is 5.75 Å². The number of methoxy groups -OCH3 is 1. The molecule has 0 aromatic heterocycles. The summed E-state index contributed by atoms with van der Waals surface area (Å²) in [4.78, 5) is 13.9. The molecule has 2 saturated heterocycles. The van der Waals surface area contributed by atoms with E-state index in [1.165, 1.54) is 13.2 Å². The van der Waals surface area contributed by atoms with E-state index in [1.54, 1.807) is 4.90 Å². The van der Waals surface area contributed by atoms with Crippen LogP contribution in [0.25, 0.3) is 0 Å². The Labute approximate surface area is 152 Å². The first kappa shape index (κ1) is 19.1. The summed E-state index contributed by atoms with van der Waals surface area (Å²) in [5.74, 6) is -1.43. The van der Waals surface area contributed by atoms with Gasteiger partial charge in [0, 0.05) is 19.6 Å². The van der Waals surface area contributed by atoms with Crippen molar-refractivity contribution in [2.24, 2.45) is 10.6 Å². The largest absolute Gasteiger partial charge is 0.492 e. The Bertz CT molecular complexity index is 796. The highest BCUT2D eigenvalue weighted by Crippen LogP contribution is 2.37. The van der Waals surface area contributed by atoms with Crippen LogP contribution in [-0.2, 0) is 21.2 Å². The number of primary sulfonamides is 1. The van der Waals surface area contributed by atoms with E-state index < -0.39 is 26.5 Å². The van der Waals surface area contributed by atoms with E-state index in [1.807, 2.05) is 0 Å². The van der Waals surface area contributed by atoms with Crippen LogP contribution in [0.2, 0.25) is 0 Å². The third-order valence-electron chi connectivity index (χ3n) is 5.44. The minimum atomic E-state index is -4.16. The van der Waals surface area contributed by atoms with Gasteiger partial charge in [-0.2, -0.15) is 0 Å². The Kier molecular flexibility index (Phi) is 5.23. The zero-order chi connectivity index (χ0) is 18.9. The number of sulfonamides is 1. The van der Waals surface area contributed by atoms with E-state index in [-0.39, 0.29) is 17.9 Å². The monoisotopic (exact) mass is 385 g/mol. The molecular formula is C17H24FN3O4S. The zero-order valence-electron chi connectivity index (χ0n) is 14.8. The van der Waals surface area contributed by atoms with Crippen molar-refractivity contribution in [3.8, 4) is 5.75 Å². The van der Waals surface area contributed by atoms with Crippen molar-refractivity contribution in [2.45, 2.75) is 30.6 Å². The first-order chi connectivity index (χ1) is 12.2. The molecule has 0 radical (unpaired) electrons. The second-order valence-corrected chi connectivity index (χ2v) is 8.67. The van der Waals surface area contributed by atoms with Crippen molar-refractivity contribution < 1.29 is 22.3 Å². The maximum Gasteiger partial charge on any atom is 0.241 e. The summed E-state index contributed by atoms with van der Waals surface area (Å²) in [5.41, 5.74) is 0.559. The van der Waals surface area contributed by atoms with Crippen LogP contribution in [0.3, 0.4) is 0 Å².